The fraction of sp³-hybridized carbons (Fsp3) is 0.200. The van der Waals surface area contributed by atoms with Crippen molar-refractivity contribution in [2.75, 3.05) is 13.2 Å². The summed E-state index contributed by atoms with van der Waals surface area (Å²) in [6, 6.07) is 13.3. The lowest BCUT2D eigenvalue weighted by atomic mass is 9.88. The van der Waals surface area contributed by atoms with E-state index in [0.29, 0.717) is 0 Å². The van der Waals surface area contributed by atoms with Crippen molar-refractivity contribution in [2.45, 2.75) is 19.1 Å². The molecule has 1 unspecified atom stereocenters. The molecule has 0 aliphatic carbocycles. The van der Waals surface area contributed by atoms with Gasteiger partial charge in [-0.05, 0) is 47.4 Å². The Morgan fingerprint density at radius 1 is 1.00 bits per heavy atom. The summed E-state index contributed by atoms with van der Waals surface area (Å²) < 4.78 is 53.2. The first-order valence-corrected chi connectivity index (χ1v) is 10.6. The van der Waals surface area contributed by atoms with Gasteiger partial charge in [0, 0.05) is 12.1 Å². The molecule has 182 valence electrons. The fourth-order valence-electron chi connectivity index (χ4n) is 3.89. The van der Waals surface area contributed by atoms with Crippen LogP contribution in [0.4, 0.5) is 18.0 Å². The Kier molecular flexibility index (Phi) is 7.21. The van der Waals surface area contributed by atoms with Crippen LogP contribution < -0.4 is 4.74 Å². The molecule has 0 spiro atoms. The van der Waals surface area contributed by atoms with Crippen molar-refractivity contribution < 1.29 is 42.2 Å². The molecule has 0 saturated heterocycles. The molecule has 10 heteroatoms. The van der Waals surface area contributed by atoms with Crippen LogP contribution in [0.1, 0.15) is 28.3 Å². The predicted molar refractivity (Wildman–Crippen MR) is 116 cm³/mol. The van der Waals surface area contributed by atoms with Crippen molar-refractivity contribution in [3.8, 4) is 5.75 Å². The van der Waals surface area contributed by atoms with E-state index in [1.54, 1.807) is 24.3 Å². The van der Waals surface area contributed by atoms with Gasteiger partial charge in [0.2, 0.25) is 0 Å². The number of aliphatic carboxylic acids is 1. The number of rotatable bonds is 7. The van der Waals surface area contributed by atoms with Crippen molar-refractivity contribution in [1.82, 2.24) is 5.06 Å². The number of ether oxygens (including phenoxy) is 2. The summed E-state index contributed by atoms with van der Waals surface area (Å²) in [5.74, 6) is -4.11. The Hall–Kier alpha value is -4.05. The average Bonchev–Trinajstić information content (AvgIpc) is 2.84. The van der Waals surface area contributed by atoms with Crippen LogP contribution in [0.15, 0.2) is 60.7 Å². The minimum absolute atomic E-state index is 0.0119. The second-order valence-electron chi connectivity index (χ2n) is 7.70. The maximum atomic E-state index is 14.6. The molecule has 1 aliphatic rings. The largest absolute Gasteiger partial charge is 0.528 e. The number of halogens is 3. The van der Waals surface area contributed by atoms with E-state index >= 15 is 0 Å². The van der Waals surface area contributed by atoms with Gasteiger partial charge in [0.1, 0.15) is 24.2 Å². The standard InChI is InChI=1S/C25H20F3NO6/c26-16-6-9-21(33-14-22(30)31)19(12-16)24-18-7-8-20(27)23(28)17(18)10-11-29(24)35-25(32)34-13-15-4-2-1-3-5-15/h1-9,12,24H,10-11,13-14H2,(H,30,31). The first-order chi connectivity index (χ1) is 16.8. The molecule has 0 aromatic heterocycles. The van der Waals surface area contributed by atoms with Gasteiger partial charge in [0.25, 0.3) is 0 Å². The van der Waals surface area contributed by atoms with Gasteiger partial charge in [-0.15, -0.1) is 5.06 Å². The molecule has 0 amide bonds. The molecule has 0 radical (unpaired) electrons. The third-order valence-corrected chi connectivity index (χ3v) is 5.41. The normalized spacial score (nSPS) is 15.2. The van der Waals surface area contributed by atoms with Crippen LogP contribution in [0.25, 0.3) is 0 Å². The number of carboxylic acids is 1. The number of carbonyl (C=O) groups excluding carboxylic acids is 1. The zero-order chi connectivity index (χ0) is 24.9. The van der Waals surface area contributed by atoms with Crippen LogP contribution >= 0.6 is 0 Å². The number of hydrogen-bond acceptors (Lipinski definition) is 6. The molecule has 0 bridgehead atoms. The van der Waals surface area contributed by atoms with Gasteiger partial charge in [-0.25, -0.2) is 22.8 Å². The highest BCUT2D eigenvalue weighted by molar-refractivity contribution is 5.68. The number of benzene rings is 3. The number of carboxylic acid groups (broad SMARTS) is 1. The summed E-state index contributed by atoms with van der Waals surface area (Å²) in [5.41, 5.74) is 1.02. The minimum Gasteiger partial charge on any atom is -0.482 e. The third kappa shape index (κ3) is 5.55. The Balaban J connectivity index is 1.68. The maximum absolute atomic E-state index is 14.6. The number of hydroxylamine groups is 2. The summed E-state index contributed by atoms with van der Waals surface area (Å²) in [4.78, 5) is 28.9. The van der Waals surface area contributed by atoms with Gasteiger partial charge in [-0.1, -0.05) is 36.4 Å². The first-order valence-electron chi connectivity index (χ1n) is 10.6. The molecule has 7 nitrogen and oxygen atoms in total. The summed E-state index contributed by atoms with van der Waals surface area (Å²) in [6.45, 7) is -0.870. The lowest BCUT2D eigenvalue weighted by Crippen LogP contribution is -2.39. The van der Waals surface area contributed by atoms with Gasteiger partial charge in [0.05, 0.1) is 0 Å². The molecule has 4 rings (SSSR count). The molecular formula is C25H20F3NO6. The van der Waals surface area contributed by atoms with Gasteiger partial charge in [-0.3, -0.25) is 0 Å². The number of hydrogen-bond donors (Lipinski definition) is 1. The van der Waals surface area contributed by atoms with E-state index in [4.69, 9.17) is 19.4 Å². The highest BCUT2D eigenvalue weighted by atomic mass is 19.2. The van der Waals surface area contributed by atoms with E-state index in [0.717, 1.165) is 28.8 Å². The van der Waals surface area contributed by atoms with Crippen LogP contribution in [0.2, 0.25) is 0 Å². The average molecular weight is 487 g/mol. The molecule has 1 atom stereocenters. The molecule has 35 heavy (non-hydrogen) atoms. The summed E-state index contributed by atoms with van der Waals surface area (Å²) in [6.07, 6.45) is -1.07. The third-order valence-electron chi connectivity index (χ3n) is 5.41. The molecule has 3 aromatic rings. The monoisotopic (exact) mass is 487 g/mol. The predicted octanol–water partition coefficient (Wildman–Crippen LogP) is 4.78. The van der Waals surface area contributed by atoms with Gasteiger partial charge in [0.15, 0.2) is 18.2 Å². The highest BCUT2D eigenvalue weighted by Crippen LogP contribution is 2.41. The zero-order valence-electron chi connectivity index (χ0n) is 18.2. The lowest BCUT2D eigenvalue weighted by molar-refractivity contribution is -0.153. The fourth-order valence-corrected chi connectivity index (χ4v) is 3.89. The number of fused-ring (bicyclic) bond motifs is 1. The SMILES string of the molecule is O=C(O)COc1ccc(F)cc1C1c2ccc(F)c(F)c2CCN1OC(=O)OCc1ccccc1. The first kappa shape index (κ1) is 24.1. The lowest BCUT2D eigenvalue weighted by Gasteiger charge is -2.36. The Morgan fingerprint density at radius 3 is 2.51 bits per heavy atom. The molecule has 0 saturated carbocycles. The Labute approximate surface area is 198 Å². The number of nitrogens with zero attached hydrogens (tertiary/aromatic N) is 1. The molecule has 0 fully saturated rings. The molecule has 1 N–H and O–H groups in total. The highest BCUT2D eigenvalue weighted by Gasteiger charge is 2.36. The van der Waals surface area contributed by atoms with E-state index in [-0.39, 0.29) is 42.0 Å². The second kappa shape index (κ2) is 10.5. The van der Waals surface area contributed by atoms with E-state index in [2.05, 4.69) is 0 Å². The minimum atomic E-state index is -1.27. The van der Waals surface area contributed by atoms with Crippen molar-refractivity contribution >= 4 is 12.1 Å². The topological polar surface area (TPSA) is 85.3 Å². The molecular weight excluding hydrogens is 467 g/mol. The summed E-state index contributed by atoms with van der Waals surface area (Å²) >= 11 is 0. The van der Waals surface area contributed by atoms with E-state index in [1.807, 2.05) is 6.07 Å². The van der Waals surface area contributed by atoms with Crippen LogP contribution in [-0.2, 0) is 27.4 Å². The molecule has 3 aromatic carbocycles. The van der Waals surface area contributed by atoms with Crippen LogP contribution in [0, 0.1) is 17.5 Å². The Morgan fingerprint density at radius 2 is 1.77 bits per heavy atom. The van der Waals surface area contributed by atoms with Crippen LogP contribution in [-0.4, -0.2) is 35.4 Å². The van der Waals surface area contributed by atoms with E-state index < -0.39 is 42.2 Å². The smallest absolute Gasteiger partial charge is 0.482 e. The van der Waals surface area contributed by atoms with Crippen molar-refractivity contribution in [2.24, 2.45) is 0 Å². The van der Waals surface area contributed by atoms with E-state index in [9.17, 15) is 22.8 Å². The van der Waals surface area contributed by atoms with Gasteiger partial charge < -0.3 is 19.4 Å². The second-order valence-corrected chi connectivity index (χ2v) is 7.70. The van der Waals surface area contributed by atoms with E-state index in [1.165, 1.54) is 12.1 Å². The van der Waals surface area contributed by atoms with Crippen LogP contribution in [0.3, 0.4) is 0 Å². The van der Waals surface area contributed by atoms with Gasteiger partial charge in [-0.2, -0.15) is 0 Å². The summed E-state index contributed by atoms with van der Waals surface area (Å²) in [7, 11) is 0. The quantitative estimate of drug-likeness (QED) is 0.480. The summed E-state index contributed by atoms with van der Waals surface area (Å²) in [5, 5.41) is 10.1. The molecule has 1 aliphatic heterocycles. The Bertz CT molecular complexity index is 1240. The number of carbonyl (C=O) groups is 2. The van der Waals surface area contributed by atoms with Crippen molar-refractivity contribution in [1.29, 1.82) is 0 Å². The van der Waals surface area contributed by atoms with Crippen LogP contribution in [0.5, 0.6) is 5.75 Å². The molecule has 1 heterocycles. The zero-order valence-corrected chi connectivity index (χ0v) is 18.2. The van der Waals surface area contributed by atoms with Crippen molar-refractivity contribution in [3.63, 3.8) is 0 Å². The maximum Gasteiger partial charge on any atom is 0.528 e. The van der Waals surface area contributed by atoms with Crippen molar-refractivity contribution in [3.05, 3.63) is 100 Å². The van der Waals surface area contributed by atoms with Gasteiger partial charge >= 0.3 is 12.1 Å².